The van der Waals surface area contributed by atoms with Crippen LogP contribution >= 0.6 is 0 Å². The van der Waals surface area contributed by atoms with Crippen LogP contribution in [0.4, 0.5) is 13.2 Å². The van der Waals surface area contributed by atoms with E-state index in [-0.39, 0.29) is 17.6 Å². The van der Waals surface area contributed by atoms with Gasteiger partial charge >= 0.3 is 6.36 Å². The quantitative estimate of drug-likeness (QED) is 0.398. The first kappa shape index (κ1) is 22.9. The van der Waals surface area contributed by atoms with Gasteiger partial charge in [-0.2, -0.15) is 5.10 Å². The average Bonchev–Trinajstić information content (AvgIpc) is 3.32. The molecule has 1 unspecified atom stereocenters. The van der Waals surface area contributed by atoms with Gasteiger partial charge in [-0.1, -0.05) is 24.3 Å². The van der Waals surface area contributed by atoms with E-state index in [1.807, 2.05) is 30.0 Å². The van der Waals surface area contributed by atoms with Gasteiger partial charge in [0.2, 0.25) is 0 Å². The van der Waals surface area contributed by atoms with Crippen molar-refractivity contribution in [2.75, 3.05) is 13.1 Å². The summed E-state index contributed by atoms with van der Waals surface area (Å²) in [5.74, 6) is -0.217. The third-order valence-corrected chi connectivity index (χ3v) is 6.41. The topological polar surface area (TPSA) is 71.1 Å². The predicted octanol–water partition coefficient (Wildman–Crippen LogP) is 5.85. The number of benzene rings is 2. The number of fused-ring (bicyclic) bond motifs is 1. The van der Waals surface area contributed by atoms with Gasteiger partial charge in [0, 0.05) is 35.7 Å². The van der Waals surface area contributed by atoms with Crippen LogP contribution in [0.5, 0.6) is 5.75 Å². The number of hydrogen-bond donors (Lipinski definition) is 1. The maximum atomic E-state index is 13.5. The number of aromatic nitrogens is 3. The molecule has 2 aromatic heterocycles. The predicted molar refractivity (Wildman–Crippen MR) is 125 cm³/mol. The Morgan fingerprint density at radius 2 is 1.91 bits per heavy atom. The Labute approximate surface area is 199 Å². The lowest BCUT2D eigenvalue weighted by Crippen LogP contribution is -2.39. The van der Waals surface area contributed by atoms with Crippen molar-refractivity contribution in [1.29, 1.82) is 0 Å². The van der Waals surface area contributed by atoms with Gasteiger partial charge in [0.1, 0.15) is 5.75 Å². The van der Waals surface area contributed by atoms with Crippen LogP contribution in [0.15, 0.2) is 60.8 Å². The number of piperidine rings is 1. The van der Waals surface area contributed by atoms with Gasteiger partial charge in [-0.25, -0.2) is 4.98 Å². The number of nitrogens with one attached hydrogen (secondary N) is 1. The molecular weight excluding hydrogens is 457 g/mol. The second-order valence-corrected chi connectivity index (χ2v) is 8.68. The van der Waals surface area contributed by atoms with Crippen molar-refractivity contribution >= 4 is 16.9 Å². The number of amides is 1. The zero-order valence-electron chi connectivity index (χ0n) is 19.0. The Bertz CT molecular complexity index is 1370. The Kier molecular flexibility index (Phi) is 5.92. The van der Waals surface area contributed by atoms with Crippen molar-refractivity contribution in [1.82, 2.24) is 20.1 Å². The zero-order chi connectivity index (χ0) is 24.6. The summed E-state index contributed by atoms with van der Waals surface area (Å²) in [5.41, 5.74) is 4.53. The molecule has 1 saturated heterocycles. The molecule has 0 aliphatic carbocycles. The normalized spacial score (nSPS) is 16.5. The molecule has 35 heavy (non-hydrogen) atoms. The molecule has 1 fully saturated rings. The largest absolute Gasteiger partial charge is 0.573 e. The standard InChI is InChI=1S/C26H23F3N4O2/c1-16-21(17-7-10-20(11-8-17)35-26(27,28)29)5-2-6-22(16)25(34)33-13-3-4-19(15-33)23-12-9-18-14-30-32-24(18)31-23/h2,5-12,14,19H,3-4,13,15H2,1H3,(H,30,31,32). The third kappa shape index (κ3) is 4.84. The minimum Gasteiger partial charge on any atom is -0.406 e. The van der Waals surface area contributed by atoms with Crippen LogP contribution in [0, 0.1) is 6.92 Å². The van der Waals surface area contributed by atoms with Crippen LogP contribution < -0.4 is 4.74 Å². The first-order chi connectivity index (χ1) is 16.8. The summed E-state index contributed by atoms with van der Waals surface area (Å²) in [5, 5.41) is 7.87. The molecule has 5 rings (SSSR count). The molecule has 1 aliphatic rings. The van der Waals surface area contributed by atoms with E-state index in [1.54, 1.807) is 30.5 Å². The number of ether oxygens (including phenoxy) is 1. The van der Waals surface area contributed by atoms with E-state index in [2.05, 4.69) is 19.9 Å². The molecule has 1 atom stereocenters. The smallest absolute Gasteiger partial charge is 0.406 e. The molecule has 0 radical (unpaired) electrons. The molecule has 3 heterocycles. The van der Waals surface area contributed by atoms with Crippen molar-refractivity contribution in [2.45, 2.75) is 32.0 Å². The summed E-state index contributed by atoms with van der Waals surface area (Å²) in [6.07, 6.45) is -1.19. The van der Waals surface area contributed by atoms with Gasteiger partial charge in [-0.05, 0) is 66.8 Å². The molecule has 4 aromatic rings. The number of rotatable bonds is 4. The van der Waals surface area contributed by atoms with Crippen molar-refractivity contribution in [3.63, 3.8) is 0 Å². The average molecular weight is 480 g/mol. The Morgan fingerprint density at radius 1 is 1.11 bits per heavy atom. The summed E-state index contributed by atoms with van der Waals surface area (Å²) >= 11 is 0. The molecule has 2 aromatic carbocycles. The molecule has 0 saturated carbocycles. The van der Waals surface area contributed by atoms with Crippen LogP contribution in [0.1, 0.15) is 40.4 Å². The molecule has 6 nitrogen and oxygen atoms in total. The van der Waals surface area contributed by atoms with E-state index in [0.29, 0.717) is 24.2 Å². The third-order valence-electron chi connectivity index (χ3n) is 6.41. The molecule has 1 N–H and O–H groups in total. The summed E-state index contributed by atoms with van der Waals surface area (Å²) in [6.45, 7) is 3.09. The Hall–Kier alpha value is -3.88. The van der Waals surface area contributed by atoms with Crippen molar-refractivity contribution in [3.05, 3.63) is 77.6 Å². The van der Waals surface area contributed by atoms with Crippen LogP contribution in [-0.4, -0.2) is 45.4 Å². The van der Waals surface area contributed by atoms with Gasteiger partial charge in [0.25, 0.3) is 5.91 Å². The number of halogens is 3. The van der Waals surface area contributed by atoms with Crippen molar-refractivity contribution in [2.24, 2.45) is 0 Å². The van der Waals surface area contributed by atoms with Gasteiger partial charge in [0.05, 0.1) is 6.20 Å². The Morgan fingerprint density at radius 3 is 2.69 bits per heavy atom. The fourth-order valence-electron chi connectivity index (χ4n) is 4.66. The highest BCUT2D eigenvalue weighted by atomic mass is 19.4. The van der Waals surface area contributed by atoms with E-state index < -0.39 is 6.36 Å². The van der Waals surface area contributed by atoms with E-state index in [1.165, 1.54) is 12.1 Å². The van der Waals surface area contributed by atoms with Crippen LogP contribution in [-0.2, 0) is 0 Å². The van der Waals surface area contributed by atoms with E-state index in [9.17, 15) is 18.0 Å². The van der Waals surface area contributed by atoms with Crippen LogP contribution in [0.2, 0.25) is 0 Å². The van der Waals surface area contributed by atoms with Gasteiger partial charge in [-0.15, -0.1) is 13.2 Å². The van der Waals surface area contributed by atoms with E-state index in [4.69, 9.17) is 0 Å². The maximum Gasteiger partial charge on any atom is 0.573 e. The lowest BCUT2D eigenvalue weighted by molar-refractivity contribution is -0.274. The van der Waals surface area contributed by atoms with Crippen molar-refractivity contribution < 1.29 is 22.7 Å². The number of carbonyl (C=O) groups is 1. The number of H-pyrrole nitrogens is 1. The highest BCUT2D eigenvalue weighted by Crippen LogP contribution is 2.32. The fourth-order valence-corrected chi connectivity index (χ4v) is 4.66. The molecule has 1 aliphatic heterocycles. The second-order valence-electron chi connectivity index (χ2n) is 8.68. The lowest BCUT2D eigenvalue weighted by atomic mass is 9.92. The second kappa shape index (κ2) is 9.05. The monoisotopic (exact) mass is 480 g/mol. The number of alkyl halides is 3. The minimum absolute atomic E-state index is 0.0614. The molecule has 180 valence electrons. The number of nitrogens with zero attached hydrogens (tertiary/aromatic N) is 3. The lowest BCUT2D eigenvalue weighted by Gasteiger charge is -2.33. The van der Waals surface area contributed by atoms with E-state index >= 15 is 0 Å². The highest BCUT2D eigenvalue weighted by molar-refractivity contribution is 5.97. The summed E-state index contributed by atoms with van der Waals surface area (Å²) < 4.78 is 41.4. The van der Waals surface area contributed by atoms with Crippen LogP contribution in [0.3, 0.4) is 0 Å². The summed E-state index contributed by atoms with van der Waals surface area (Å²) in [7, 11) is 0. The molecule has 0 bridgehead atoms. The van der Waals surface area contributed by atoms with E-state index in [0.717, 1.165) is 40.7 Å². The van der Waals surface area contributed by atoms with Gasteiger partial charge in [-0.3, -0.25) is 9.89 Å². The molecule has 9 heteroatoms. The molecule has 0 spiro atoms. The number of pyridine rings is 1. The molecule has 1 amide bonds. The van der Waals surface area contributed by atoms with Crippen molar-refractivity contribution in [3.8, 4) is 16.9 Å². The number of likely N-dealkylation sites (tertiary alicyclic amines) is 1. The highest BCUT2D eigenvalue weighted by Gasteiger charge is 2.31. The Balaban J connectivity index is 1.36. The first-order valence-electron chi connectivity index (χ1n) is 11.3. The van der Waals surface area contributed by atoms with Gasteiger partial charge in [0.15, 0.2) is 5.65 Å². The van der Waals surface area contributed by atoms with Gasteiger partial charge < -0.3 is 9.64 Å². The summed E-state index contributed by atoms with van der Waals surface area (Å²) in [6, 6.07) is 15.1. The zero-order valence-corrected chi connectivity index (χ0v) is 19.0. The maximum absolute atomic E-state index is 13.5. The molecular formula is C26H23F3N4O2. The first-order valence-corrected chi connectivity index (χ1v) is 11.3. The minimum atomic E-state index is -4.74. The van der Waals surface area contributed by atoms with Crippen LogP contribution in [0.25, 0.3) is 22.2 Å². The SMILES string of the molecule is Cc1c(C(=O)N2CCCC(c3ccc4cn[nH]c4n3)C2)cccc1-c1ccc(OC(F)(F)F)cc1. The number of aromatic amines is 1. The number of hydrogen-bond acceptors (Lipinski definition) is 4. The fraction of sp³-hybridized carbons (Fsp3) is 0.269. The summed E-state index contributed by atoms with van der Waals surface area (Å²) in [4.78, 5) is 20.1. The number of carbonyl (C=O) groups excluding carboxylic acids is 1.